The molecule has 0 unspecified atom stereocenters. The lowest BCUT2D eigenvalue weighted by Crippen LogP contribution is -2.21. The number of amides is 1. The van der Waals surface area contributed by atoms with Crippen LogP contribution in [0.15, 0.2) is 36.5 Å². The summed E-state index contributed by atoms with van der Waals surface area (Å²) in [4.78, 5) is 15.7. The summed E-state index contributed by atoms with van der Waals surface area (Å²) in [5.41, 5.74) is 0. The number of pyridine rings is 1. The molecule has 1 aromatic carbocycles. The molecule has 0 spiro atoms. The number of nitrogens with zero attached hydrogens (tertiary/aromatic N) is 1. The summed E-state index contributed by atoms with van der Waals surface area (Å²) in [6.45, 7) is -0.214. The van der Waals surface area contributed by atoms with E-state index in [0.29, 0.717) is 20.8 Å². The number of ether oxygens (including phenoxy) is 1. The van der Waals surface area contributed by atoms with Crippen LogP contribution in [0.25, 0.3) is 0 Å². The number of halogens is 3. The zero-order valence-electron chi connectivity index (χ0n) is 10.1. The van der Waals surface area contributed by atoms with Gasteiger partial charge in [0.2, 0.25) is 0 Å². The van der Waals surface area contributed by atoms with Crippen molar-refractivity contribution < 1.29 is 9.53 Å². The molecule has 0 saturated heterocycles. The highest BCUT2D eigenvalue weighted by Crippen LogP contribution is 2.27. The summed E-state index contributed by atoms with van der Waals surface area (Å²) in [5, 5.41) is 3.71. The monoisotopic (exact) mass is 330 g/mol. The average Bonchev–Trinajstić information content (AvgIpc) is 2.40. The highest BCUT2D eigenvalue weighted by Gasteiger charge is 2.09. The highest BCUT2D eigenvalue weighted by atomic mass is 35.5. The summed E-state index contributed by atoms with van der Waals surface area (Å²) >= 11 is 17.6. The van der Waals surface area contributed by atoms with Crippen molar-refractivity contribution in [2.24, 2.45) is 0 Å². The number of anilines is 1. The fourth-order valence-corrected chi connectivity index (χ4v) is 2.01. The van der Waals surface area contributed by atoms with Crippen LogP contribution in [0.4, 0.5) is 5.82 Å². The SMILES string of the molecule is O=C(COc1ccc(Cl)cc1Cl)Nc1ncccc1Cl. The Balaban J connectivity index is 1.94. The number of carbonyl (C=O) groups is 1. The summed E-state index contributed by atoms with van der Waals surface area (Å²) < 4.78 is 5.29. The van der Waals surface area contributed by atoms with Crippen molar-refractivity contribution in [2.75, 3.05) is 11.9 Å². The zero-order valence-corrected chi connectivity index (χ0v) is 12.3. The van der Waals surface area contributed by atoms with Crippen LogP contribution in [0.3, 0.4) is 0 Å². The first-order valence-electron chi connectivity index (χ1n) is 5.54. The molecule has 1 aromatic heterocycles. The van der Waals surface area contributed by atoms with Crippen LogP contribution in [0.2, 0.25) is 15.1 Å². The van der Waals surface area contributed by atoms with E-state index in [2.05, 4.69) is 10.3 Å². The van der Waals surface area contributed by atoms with E-state index in [1.165, 1.54) is 12.3 Å². The molecule has 1 heterocycles. The standard InChI is InChI=1S/C13H9Cl3N2O2/c14-8-3-4-11(10(16)6-8)20-7-12(19)18-13-9(15)2-1-5-17-13/h1-6H,7H2,(H,17,18,19). The van der Waals surface area contributed by atoms with Crippen molar-refractivity contribution in [2.45, 2.75) is 0 Å². The van der Waals surface area contributed by atoms with E-state index in [-0.39, 0.29) is 12.4 Å². The number of rotatable bonds is 4. The Morgan fingerprint density at radius 1 is 1.20 bits per heavy atom. The largest absolute Gasteiger partial charge is 0.482 e. The van der Waals surface area contributed by atoms with Gasteiger partial charge in [0, 0.05) is 11.2 Å². The second-order valence-corrected chi connectivity index (χ2v) is 5.00. The van der Waals surface area contributed by atoms with Crippen molar-refractivity contribution >= 4 is 46.5 Å². The zero-order chi connectivity index (χ0) is 14.5. The van der Waals surface area contributed by atoms with Crippen molar-refractivity contribution in [3.05, 3.63) is 51.6 Å². The third-order valence-corrected chi connectivity index (χ3v) is 3.10. The average molecular weight is 332 g/mol. The lowest BCUT2D eigenvalue weighted by Gasteiger charge is -2.09. The van der Waals surface area contributed by atoms with E-state index in [1.54, 1.807) is 24.3 Å². The van der Waals surface area contributed by atoms with Crippen LogP contribution in [0.5, 0.6) is 5.75 Å². The van der Waals surface area contributed by atoms with Gasteiger partial charge in [-0.15, -0.1) is 0 Å². The maximum Gasteiger partial charge on any atom is 0.263 e. The van der Waals surface area contributed by atoms with Crippen LogP contribution in [0.1, 0.15) is 0 Å². The maximum atomic E-state index is 11.7. The van der Waals surface area contributed by atoms with Crippen molar-refractivity contribution in [3.8, 4) is 5.75 Å². The van der Waals surface area contributed by atoms with Crippen LogP contribution in [0, 0.1) is 0 Å². The lowest BCUT2D eigenvalue weighted by atomic mass is 10.3. The van der Waals surface area contributed by atoms with Crippen molar-refractivity contribution in [1.29, 1.82) is 0 Å². The van der Waals surface area contributed by atoms with Gasteiger partial charge in [-0.05, 0) is 30.3 Å². The molecule has 104 valence electrons. The van der Waals surface area contributed by atoms with E-state index < -0.39 is 5.91 Å². The first-order valence-corrected chi connectivity index (χ1v) is 6.68. The van der Waals surface area contributed by atoms with E-state index in [1.807, 2.05) is 0 Å². The maximum absolute atomic E-state index is 11.7. The second-order valence-electron chi connectivity index (χ2n) is 3.75. The van der Waals surface area contributed by atoms with E-state index in [9.17, 15) is 4.79 Å². The molecular formula is C13H9Cl3N2O2. The van der Waals surface area contributed by atoms with Crippen LogP contribution >= 0.6 is 34.8 Å². The first-order chi connectivity index (χ1) is 9.56. The Kier molecular flexibility index (Phi) is 5.06. The predicted octanol–water partition coefficient (Wildman–Crippen LogP) is 4.06. The smallest absolute Gasteiger partial charge is 0.263 e. The summed E-state index contributed by atoms with van der Waals surface area (Å²) in [6.07, 6.45) is 1.53. The van der Waals surface area contributed by atoms with Crippen molar-refractivity contribution in [3.63, 3.8) is 0 Å². The lowest BCUT2D eigenvalue weighted by molar-refractivity contribution is -0.118. The van der Waals surface area contributed by atoms with Gasteiger partial charge in [0.05, 0.1) is 10.0 Å². The quantitative estimate of drug-likeness (QED) is 0.919. The van der Waals surface area contributed by atoms with E-state index in [4.69, 9.17) is 39.5 Å². The summed E-state index contributed by atoms with van der Waals surface area (Å²) in [6, 6.07) is 8.04. The molecule has 0 atom stereocenters. The Labute approximate surface area is 130 Å². The number of carbonyl (C=O) groups excluding carboxylic acids is 1. The van der Waals surface area contributed by atoms with Gasteiger partial charge in [-0.25, -0.2) is 4.98 Å². The molecule has 1 N–H and O–H groups in total. The number of benzene rings is 1. The van der Waals surface area contributed by atoms with Gasteiger partial charge >= 0.3 is 0 Å². The van der Waals surface area contributed by atoms with Gasteiger partial charge in [-0.1, -0.05) is 34.8 Å². The van der Waals surface area contributed by atoms with Gasteiger partial charge < -0.3 is 10.1 Å². The van der Waals surface area contributed by atoms with Gasteiger partial charge in [0.15, 0.2) is 12.4 Å². The molecular weight excluding hydrogens is 323 g/mol. The number of nitrogens with one attached hydrogen (secondary N) is 1. The minimum atomic E-state index is -0.392. The minimum Gasteiger partial charge on any atom is -0.482 e. The Hall–Kier alpha value is -1.49. The molecule has 2 aromatic rings. The Morgan fingerprint density at radius 2 is 2.00 bits per heavy atom. The fourth-order valence-electron chi connectivity index (χ4n) is 1.38. The van der Waals surface area contributed by atoms with Crippen molar-refractivity contribution in [1.82, 2.24) is 4.98 Å². The van der Waals surface area contributed by atoms with Gasteiger partial charge in [0.1, 0.15) is 5.75 Å². The first kappa shape index (κ1) is 14.9. The minimum absolute atomic E-state index is 0.214. The third-order valence-electron chi connectivity index (χ3n) is 2.27. The molecule has 1 amide bonds. The van der Waals surface area contributed by atoms with E-state index in [0.717, 1.165) is 0 Å². The molecule has 0 aliphatic rings. The van der Waals surface area contributed by atoms with Gasteiger partial charge in [0.25, 0.3) is 5.91 Å². The van der Waals surface area contributed by atoms with Crippen LogP contribution in [-0.2, 0) is 4.79 Å². The molecule has 0 fully saturated rings. The molecule has 0 radical (unpaired) electrons. The second kappa shape index (κ2) is 6.79. The Bertz CT molecular complexity index is 635. The molecule has 0 bridgehead atoms. The van der Waals surface area contributed by atoms with E-state index >= 15 is 0 Å². The normalized spacial score (nSPS) is 10.2. The number of hydrogen-bond donors (Lipinski definition) is 1. The molecule has 7 heteroatoms. The molecule has 0 saturated carbocycles. The molecule has 2 rings (SSSR count). The van der Waals surface area contributed by atoms with Crippen LogP contribution in [-0.4, -0.2) is 17.5 Å². The summed E-state index contributed by atoms with van der Waals surface area (Å²) in [5.74, 6) is 0.264. The molecule has 0 aliphatic carbocycles. The number of aromatic nitrogens is 1. The number of hydrogen-bond acceptors (Lipinski definition) is 3. The highest BCUT2D eigenvalue weighted by molar-refractivity contribution is 6.35. The predicted molar refractivity (Wildman–Crippen MR) is 79.8 cm³/mol. The van der Waals surface area contributed by atoms with Crippen LogP contribution < -0.4 is 10.1 Å². The van der Waals surface area contributed by atoms with Gasteiger partial charge in [-0.2, -0.15) is 0 Å². The van der Waals surface area contributed by atoms with Gasteiger partial charge in [-0.3, -0.25) is 4.79 Å². The summed E-state index contributed by atoms with van der Waals surface area (Å²) in [7, 11) is 0. The molecule has 0 aliphatic heterocycles. The Morgan fingerprint density at radius 3 is 2.70 bits per heavy atom. The fraction of sp³-hybridized carbons (Fsp3) is 0.0769. The molecule has 4 nitrogen and oxygen atoms in total. The third kappa shape index (κ3) is 4.00. The topological polar surface area (TPSA) is 51.2 Å². The molecule has 20 heavy (non-hydrogen) atoms.